The van der Waals surface area contributed by atoms with Crippen LogP contribution in [0.2, 0.25) is 0 Å². The fraction of sp³-hybridized carbons (Fsp3) is 1.00. The monoisotopic (exact) mass is 959 g/mol. The van der Waals surface area contributed by atoms with Crippen molar-refractivity contribution in [3.63, 3.8) is 0 Å². The molecule has 5 aliphatic heterocycles. The molecule has 0 radical (unpaired) electrons. The second kappa shape index (κ2) is 24.8. The molecule has 0 aliphatic carbocycles. The molecular formula is C58H122N10. The molecule has 0 spiro atoms. The van der Waals surface area contributed by atoms with E-state index in [0.29, 0.717) is 30.2 Å². The summed E-state index contributed by atoms with van der Waals surface area (Å²) in [5, 5.41) is 30.4. The van der Waals surface area contributed by atoms with E-state index >= 15 is 0 Å². The number of hydrogen-bond donors (Lipinski definition) is 9. The molecule has 0 atom stereocenters. The molecule has 5 heterocycles. The maximum absolute atomic E-state index is 6.15. The Balaban J connectivity index is 0.000000282. The number of nitrogens with two attached hydrogens (primary N) is 1. The van der Waals surface area contributed by atoms with E-state index in [4.69, 9.17) is 5.73 Å². The first-order chi connectivity index (χ1) is 30.8. The molecule has 10 N–H and O–H groups in total. The summed E-state index contributed by atoms with van der Waals surface area (Å²) in [5.41, 5.74) is 8.53. The minimum atomic E-state index is 0.226. The molecule has 0 aromatic carbocycles. The molecule has 10 heteroatoms. The van der Waals surface area contributed by atoms with Crippen LogP contribution in [0.25, 0.3) is 0 Å². The summed E-state index contributed by atoms with van der Waals surface area (Å²) in [7, 11) is 0. The molecule has 404 valence electrons. The highest BCUT2D eigenvalue weighted by molar-refractivity contribution is 5.04. The number of likely N-dealkylation sites (tertiary alicyclic amines) is 1. The van der Waals surface area contributed by atoms with Gasteiger partial charge in [0.05, 0.1) is 0 Å². The van der Waals surface area contributed by atoms with Crippen LogP contribution in [0.5, 0.6) is 0 Å². The van der Waals surface area contributed by atoms with Crippen LogP contribution >= 0.6 is 0 Å². The van der Waals surface area contributed by atoms with Crippen molar-refractivity contribution >= 4 is 0 Å². The van der Waals surface area contributed by atoms with E-state index in [1.807, 2.05) is 0 Å². The molecule has 0 aromatic rings. The maximum atomic E-state index is 6.15. The first kappa shape index (κ1) is 61.9. The third kappa shape index (κ3) is 23.2. The SMILES string of the molecule is CC1(C)CC(NCCCCCCNC2CC(C)(C)NC(C)(C)C2)CC(C)(C)N1.CC1(C)CC(NCCCNC2CC(C)(C)NC(C)(C)C2)CC(C)(C)N1.CCCCN1C(C)(C)CC(N)CC1(C)C. The first-order valence-electron chi connectivity index (χ1n) is 28.5. The van der Waals surface area contributed by atoms with Crippen molar-refractivity contribution in [2.24, 2.45) is 5.73 Å². The normalized spacial score (nSPS) is 27.6. The van der Waals surface area contributed by atoms with E-state index < -0.39 is 0 Å². The predicted octanol–water partition coefficient (Wildman–Crippen LogP) is 10.3. The summed E-state index contributed by atoms with van der Waals surface area (Å²) in [5.74, 6) is 0. The average molecular weight is 960 g/mol. The van der Waals surface area contributed by atoms with Crippen LogP contribution in [-0.2, 0) is 0 Å². The molecule has 5 rings (SSSR count). The summed E-state index contributed by atoms with van der Waals surface area (Å²) < 4.78 is 0. The Hall–Kier alpha value is -0.400. The minimum Gasteiger partial charge on any atom is -0.328 e. The molecule has 0 amide bonds. The third-order valence-corrected chi connectivity index (χ3v) is 15.7. The van der Waals surface area contributed by atoms with Gasteiger partial charge in [-0.05, 0) is 261 Å². The smallest absolute Gasteiger partial charge is 0.0173 e. The van der Waals surface area contributed by atoms with Crippen LogP contribution in [0.3, 0.4) is 0 Å². The second-order valence-corrected chi connectivity index (χ2v) is 29.9. The van der Waals surface area contributed by atoms with Gasteiger partial charge in [-0.1, -0.05) is 26.2 Å². The summed E-state index contributed by atoms with van der Waals surface area (Å²) >= 11 is 0. The lowest BCUT2D eigenvalue weighted by atomic mass is 9.77. The van der Waals surface area contributed by atoms with Gasteiger partial charge in [-0.3, -0.25) is 4.90 Å². The summed E-state index contributed by atoms with van der Waals surface area (Å²) in [6.07, 6.45) is 21.1. The number of piperidine rings is 5. The molecule has 5 fully saturated rings. The zero-order valence-corrected chi connectivity index (χ0v) is 49.5. The van der Waals surface area contributed by atoms with Gasteiger partial charge in [0.1, 0.15) is 0 Å². The molecule has 0 bridgehead atoms. The van der Waals surface area contributed by atoms with Gasteiger partial charge in [0.2, 0.25) is 0 Å². The van der Waals surface area contributed by atoms with Crippen molar-refractivity contribution in [3.8, 4) is 0 Å². The molecule has 5 aliphatic rings. The van der Waals surface area contributed by atoms with Crippen molar-refractivity contribution in [2.45, 2.75) is 340 Å². The van der Waals surface area contributed by atoms with Crippen LogP contribution in [0.1, 0.15) is 255 Å². The lowest BCUT2D eigenvalue weighted by Crippen LogP contribution is -2.63. The van der Waals surface area contributed by atoms with Gasteiger partial charge >= 0.3 is 0 Å². The van der Waals surface area contributed by atoms with Crippen LogP contribution in [-0.4, -0.2) is 123 Å². The molecule has 0 aromatic heterocycles. The second-order valence-electron chi connectivity index (χ2n) is 29.9. The van der Waals surface area contributed by atoms with Gasteiger partial charge in [-0.2, -0.15) is 0 Å². The largest absolute Gasteiger partial charge is 0.328 e. The van der Waals surface area contributed by atoms with Gasteiger partial charge in [-0.15, -0.1) is 0 Å². The topological polar surface area (TPSA) is 125 Å². The van der Waals surface area contributed by atoms with E-state index in [-0.39, 0.29) is 55.4 Å². The van der Waals surface area contributed by atoms with E-state index in [1.54, 1.807) is 0 Å². The number of hydrogen-bond acceptors (Lipinski definition) is 10. The van der Waals surface area contributed by atoms with Gasteiger partial charge in [0.25, 0.3) is 0 Å². The van der Waals surface area contributed by atoms with Gasteiger partial charge < -0.3 is 48.3 Å². The Labute approximate surface area is 424 Å². The molecule has 0 unspecified atom stereocenters. The van der Waals surface area contributed by atoms with Crippen molar-refractivity contribution in [3.05, 3.63) is 0 Å². The Morgan fingerprint density at radius 2 is 0.588 bits per heavy atom. The Bertz CT molecular complexity index is 1290. The molecular weight excluding hydrogens is 837 g/mol. The van der Waals surface area contributed by atoms with Crippen LogP contribution in [0, 0.1) is 0 Å². The summed E-state index contributed by atoms with van der Waals surface area (Å²) in [6.45, 7) is 54.6. The fourth-order valence-electron chi connectivity index (χ4n) is 15.1. The number of nitrogens with zero attached hydrogens (tertiary/aromatic N) is 1. The minimum absolute atomic E-state index is 0.226. The summed E-state index contributed by atoms with van der Waals surface area (Å²) in [4.78, 5) is 2.66. The standard InChI is InChI=1S/C24H50N4.C21H44N4.C13H28N2/c1-21(2)15-19(16-22(3,4)27-21)25-13-11-9-10-12-14-26-20-17-23(5,6)28-24(7,8)18-20;1-18(2)12-16(13-19(3,4)24-18)22-10-9-11-23-17-14-20(5,6)25-21(7,8)15-17;1-6-7-8-15-12(2,3)9-11(14)10-13(15,4)5/h19-20,25-28H,9-18H2,1-8H3;16-17,22-25H,9-15H2,1-8H3;11H,6-10,14H2,1-5H3. The van der Waals surface area contributed by atoms with Gasteiger partial charge in [-0.25, -0.2) is 0 Å². The van der Waals surface area contributed by atoms with Crippen molar-refractivity contribution in [1.82, 2.24) is 47.4 Å². The predicted molar refractivity (Wildman–Crippen MR) is 299 cm³/mol. The van der Waals surface area contributed by atoms with Crippen LogP contribution < -0.4 is 48.3 Å². The van der Waals surface area contributed by atoms with Crippen molar-refractivity contribution < 1.29 is 0 Å². The quantitative estimate of drug-likeness (QED) is 0.0614. The number of unbranched alkanes of at least 4 members (excludes halogenated alkanes) is 4. The Morgan fingerprint density at radius 1 is 0.353 bits per heavy atom. The highest BCUT2D eigenvalue weighted by Gasteiger charge is 2.44. The molecule has 5 saturated heterocycles. The van der Waals surface area contributed by atoms with Crippen molar-refractivity contribution in [1.29, 1.82) is 0 Å². The Morgan fingerprint density at radius 3 is 0.824 bits per heavy atom. The lowest BCUT2D eigenvalue weighted by molar-refractivity contribution is -0.0352. The van der Waals surface area contributed by atoms with Crippen LogP contribution in [0.4, 0.5) is 0 Å². The lowest BCUT2D eigenvalue weighted by Gasteiger charge is -2.55. The summed E-state index contributed by atoms with van der Waals surface area (Å²) in [6, 6.07) is 2.93. The van der Waals surface area contributed by atoms with Gasteiger partial charge in [0.15, 0.2) is 0 Å². The van der Waals surface area contributed by atoms with E-state index in [1.165, 1.54) is 116 Å². The van der Waals surface area contributed by atoms with E-state index in [0.717, 1.165) is 25.9 Å². The van der Waals surface area contributed by atoms with E-state index in [2.05, 4.69) is 193 Å². The third-order valence-electron chi connectivity index (χ3n) is 15.7. The molecule has 0 saturated carbocycles. The molecule has 68 heavy (non-hydrogen) atoms. The zero-order chi connectivity index (χ0) is 51.7. The zero-order valence-electron chi connectivity index (χ0n) is 49.5. The highest BCUT2D eigenvalue weighted by atomic mass is 15.3. The maximum Gasteiger partial charge on any atom is 0.0173 e. The van der Waals surface area contributed by atoms with E-state index in [9.17, 15) is 0 Å². The number of nitrogens with one attached hydrogen (secondary N) is 8. The Kier molecular flexibility index (Phi) is 22.5. The number of rotatable bonds is 18. The highest BCUT2D eigenvalue weighted by Crippen LogP contribution is 2.38. The van der Waals surface area contributed by atoms with Crippen LogP contribution in [0.15, 0.2) is 0 Å². The van der Waals surface area contributed by atoms with Gasteiger partial charge in [0, 0.05) is 85.6 Å². The first-order valence-corrected chi connectivity index (χ1v) is 28.5. The average Bonchev–Trinajstić information content (AvgIpc) is 3.07. The molecule has 10 nitrogen and oxygen atoms in total. The van der Waals surface area contributed by atoms with Crippen molar-refractivity contribution in [2.75, 3.05) is 32.7 Å². The fourth-order valence-corrected chi connectivity index (χ4v) is 15.1.